The van der Waals surface area contributed by atoms with Crippen LogP contribution >= 0.6 is 0 Å². The molecule has 0 aromatic heterocycles. The quantitative estimate of drug-likeness (QED) is 0.639. The molecule has 0 aliphatic heterocycles. The predicted molar refractivity (Wildman–Crippen MR) is 99.9 cm³/mol. The van der Waals surface area contributed by atoms with E-state index >= 15 is 0 Å². The fraction of sp³-hybridized carbons (Fsp3) is 0.682. The van der Waals surface area contributed by atoms with Crippen molar-refractivity contribution >= 4 is 5.97 Å². The van der Waals surface area contributed by atoms with Crippen molar-refractivity contribution in [1.82, 2.24) is 0 Å². The molecule has 4 rings (SSSR count). The zero-order valence-corrected chi connectivity index (χ0v) is 16.0. The third-order valence-electron chi connectivity index (χ3n) is 6.24. The molecule has 3 fully saturated rings. The highest BCUT2D eigenvalue weighted by atomic mass is 16.5. The minimum atomic E-state index is -0.149. The molecule has 24 heavy (non-hydrogen) atoms. The lowest BCUT2D eigenvalue weighted by Gasteiger charge is -2.61. The van der Waals surface area contributed by atoms with E-state index in [0.717, 1.165) is 30.2 Å². The Morgan fingerprint density at radius 3 is 2.25 bits per heavy atom. The zero-order valence-electron chi connectivity index (χ0n) is 16.0. The molecular formula is C22H34O2. The minimum absolute atomic E-state index is 0.0465. The fourth-order valence-electron chi connectivity index (χ4n) is 4.85. The van der Waals surface area contributed by atoms with Crippen molar-refractivity contribution in [2.45, 2.75) is 78.7 Å². The summed E-state index contributed by atoms with van der Waals surface area (Å²) in [5.74, 6) is 1.62. The molecule has 0 amide bonds. The maximum Gasteiger partial charge on any atom is 0.313 e. The van der Waals surface area contributed by atoms with Crippen LogP contribution in [0.4, 0.5) is 0 Å². The Hall–Kier alpha value is -1.31. The number of carbonyl (C=O) groups is 1. The van der Waals surface area contributed by atoms with Gasteiger partial charge in [0.15, 0.2) is 0 Å². The Balaban J connectivity index is 0.000000487. The normalized spacial score (nSPS) is 33.0. The Labute approximate surface area is 148 Å². The number of ether oxygens (including phenoxy) is 1. The molecule has 0 radical (unpaired) electrons. The first kappa shape index (κ1) is 19.0. The van der Waals surface area contributed by atoms with Crippen molar-refractivity contribution in [3.63, 3.8) is 0 Å². The van der Waals surface area contributed by atoms with E-state index < -0.39 is 0 Å². The number of esters is 1. The van der Waals surface area contributed by atoms with Gasteiger partial charge in [-0.2, -0.15) is 0 Å². The Morgan fingerprint density at radius 1 is 1.08 bits per heavy atom. The molecule has 3 aliphatic carbocycles. The minimum Gasteiger partial charge on any atom is -0.462 e. The van der Waals surface area contributed by atoms with Gasteiger partial charge in [0.25, 0.3) is 0 Å². The van der Waals surface area contributed by atoms with Crippen LogP contribution in [0.25, 0.3) is 0 Å². The van der Waals surface area contributed by atoms with Crippen LogP contribution in [0, 0.1) is 17.3 Å². The third-order valence-corrected chi connectivity index (χ3v) is 6.24. The smallest absolute Gasteiger partial charge is 0.313 e. The number of hydrogen-bond donors (Lipinski definition) is 0. The monoisotopic (exact) mass is 330 g/mol. The SMILES string of the molecule is CC.CC.CC(C(=O)OC1CC2CC3CCC32C1)c1ccccc1. The highest BCUT2D eigenvalue weighted by Crippen LogP contribution is 2.71. The second-order valence-corrected chi connectivity index (χ2v) is 7.03. The van der Waals surface area contributed by atoms with Gasteiger partial charge in [-0.05, 0) is 61.8 Å². The van der Waals surface area contributed by atoms with Crippen molar-refractivity contribution in [1.29, 1.82) is 0 Å². The zero-order chi connectivity index (χ0) is 17.7. The number of carbonyl (C=O) groups excluding carboxylic acids is 1. The molecule has 0 N–H and O–H groups in total. The summed E-state index contributed by atoms with van der Waals surface area (Å²) in [6.07, 6.45) is 6.62. The Bertz CT molecular complexity index is 524. The van der Waals surface area contributed by atoms with Gasteiger partial charge in [-0.3, -0.25) is 4.79 Å². The summed E-state index contributed by atoms with van der Waals surface area (Å²) >= 11 is 0. The van der Waals surface area contributed by atoms with Crippen molar-refractivity contribution in [2.24, 2.45) is 17.3 Å². The van der Waals surface area contributed by atoms with Crippen LogP contribution < -0.4 is 0 Å². The van der Waals surface area contributed by atoms with Crippen molar-refractivity contribution in [3.05, 3.63) is 35.9 Å². The number of benzene rings is 1. The van der Waals surface area contributed by atoms with Gasteiger partial charge in [0, 0.05) is 0 Å². The molecule has 0 bridgehead atoms. The van der Waals surface area contributed by atoms with Gasteiger partial charge in [0.2, 0.25) is 0 Å². The van der Waals surface area contributed by atoms with Gasteiger partial charge < -0.3 is 4.74 Å². The maximum absolute atomic E-state index is 12.3. The number of hydrogen-bond acceptors (Lipinski definition) is 2. The van der Waals surface area contributed by atoms with E-state index in [2.05, 4.69) is 0 Å². The summed E-state index contributed by atoms with van der Waals surface area (Å²) in [5, 5.41) is 0. The molecule has 5 unspecified atom stereocenters. The first-order chi connectivity index (χ1) is 11.7. The Morgan fingerprint density at radius 2 is 1.75 bits per heavy atom. The van der Waals surface area contributed by atoms with Crippen LogP contribution in [0.2, 0.25) is 0 Å². The lowest BCUT2D eigenvalue weighted by Crippen LogP contribution is -2.53. The molecule has 5 atom stereocenters. The highest BCUT2D eigenvalue weighted by molar-refractivity contribution is 5.77. The fourth-order valence-corrected chi connectivity index (χ4v) is 4.85. The van der Waals surface area contributed by atoms with E-state index in [1.165, 1.54) is 19.3 Å². The van der Waals surface area contributed by atoms with E-state index in [0.29, 0.717) is 5.41 Å². The average molecular weight is 331 g/mol. The van der Waals surface area contributed by atoms with Crippen molar-refractivity contribution in [3.8, 4) is 0 Å². The van der Waals surface area contributed by atoms with Gasteiger partial charge in [-0.15, -0.1) is 0 Å². The molecule has 2 heteroatoms. The van der Waals surface area contributed by atoms with Crippen molar-refractivity contribution in [2.75, 3.05) is 0 Å². The topological polar surface area (TPSA) is 26.3 Å². The average Bonchev–Trinajstić information content (AvgIpc) is 2.99. The first-order valence-corrected chi connectivity index (χ1v) is 9.94. The van der Waals surface area contributed by atoms with Gasteiger partial charge in [0.05, 0.1) is 5.92 Å². The maximum atomic E-state index is 12.3. The molecule has 0 saturated heterocycles. The summed E-state index contributed by atoms with van der Waals surface area (Å²) in [6.45, 7) is 9.95. The predicted octanol–water partition coefficient (Wildman–Crippen LogP) is 5.96. The van der Waals surface area contributed by atoms with E-state index in [1.54, 1.807) is 0 Å². The molecule has 134 valence electrons. The summed E-state index contributed by atoms with van der Waals surface area (Å²) in [5.41, 5.74) is 1.65. The van der Waals surface area contributed by atoms with E-state index in [1.807, 2.05) is 65.0 Å². The van der Waals surface area contributed by atoms with Crippen LogP contribution in [-0.2, 0) is 9.53 Å². The lowest BCUT2D eigenvalue weighted by molar-refractivity contribution is -0.151. The van der Waals surface area contributed by atoms with Gasteiger partial charge in [0.1, 0.15) is 6.10 Å². The molecule has 3 aliphatic rings. The first-order valence-electron chi connectivity index (χ1n) is 9.94. The van der Waals surface area contributed by atoms with Crippen LogP contribution in [0.15, 0.2) is 30.3 Å². The second kappa shape index (κ2) is 8.18. The summed E-state index contributed by atoms with van der Waals surface area (Å²) in [6, 6.07) is 9.95. The molecular weight excluding hydrogens is 296 g/mol. The molecule has 1 spiro atoms. The van der Waals surface area contributed by atoms with Gasteiger partial charge >= 0.3 is 5.97 Å². The lowest BCUT2D eigenvalue weighted by atomic mass is 9.43. The van der Waals surface area contributed by atoms with Gasteiger partial charge in [-0.25, -0.2) is 0 Å². The summed E-state index contributed by atoms with van der Waals surface area (Å²) < 4.78 is 5.82. The van der Waals surface area contributed by atoms with Crippen LogP contribution in [0.3, 0.4) is 0 Å². The number of rotatable bonds is 3. The van der Waals surface area contributed by atoms with Crippen LogP contribution in [0.5, 0.6) is 0 Å². The van der Waals surface area contributed by atoms with E-state index in [9.17, 15) is 4.79 Å². The molecule has 1 aromatic carbocycles. The van der Waals surface area contributed by atoms with Crippen molar-refractivity contribution < 1.29 is 9.53 Å². The summed E-state index contributed by atoms with van der Waals surface area (Å²) in [4.78, 5) is 12.3. The summed E-state index contributed by atoms with van der Waals surface area (Å²) in [7, 11) is 0. The molecule has 2 nitrogen and oxygen atoms in total. The largest absolute Gasteiger partial charge is 0.462 e. The Kier molecular flexibility index (Phi) is 6.48. The van der Waals surface area contributed by atoms with Crippen LogP contribution in [0.1, 0.15) is 78.2 Å². The van der Waals surface area contributed by atoms with Gasteiger partial charge in [-0.1, -0.05) is 58.0 Å². The van der Waals surface area contributed by atoms with E-state index in [4.69, 9.17) is 4.74 Å². The van der Waals surface area contributed by atoms with Crippen LogP contribution in [-0.4, -0.2) is 12.1 Å². The second-order valence-electron chi connectivity index (χ2n) is 7.03. The third kappa shape index (κ3) is 3.25. The van der Waals surface area contributed by atoms with E-state index in [-0.39, 0.29) is 18.0 Å². The standard InChI is InChI=1S/C18H22O2.2C2H6/c1-12(13-5-3-2-4-6-13)17(19)20-16-10-15-9-14-7-8-18(14,15)11-16;2*1-2/h2-6,12,14-16H,7-11H2,1H3;2*1-2H3. The molecule has 0 heterocycles. The highest BCUT2D eigenvalue weighted by Gasteiger charge is 2.64. The molecule has 3 saturated carbocycles. The molecule has 1 aromatic rings.